The Bertz CT molecular complexity index is 473. The molecule has 1 aliphatic rings. The van der Waals surface area contributed by atoms with Crippen molar-refractivity contribution in [2.45, 2.75) is 38.4 Å². The van der Waals surface area contributed by atoms with E-state index in [1.807, 2.05) is 0 Å². The molecule has 0 unspecified atom stereocenters. The normalized spacial score (nSPS) is 22.5. The summed E-state index contributed by atoms with van der Waals surface area (Å²) in [6, 6.07) is 4.88. The first-order valence-electron chi connectivity index (χ1n) is 6.94. The molecule has 0 saturated heterocycles. The van der Waals surface area contributed by atoms with Crippen LogP contribution in [-0.2, 0) is 6.67 Å². The van der Waals surface area contributed by atoms with E-state index in [0.29, 0.717) is 12.0 Å². The van der Waals surface area contributed by atoms with Crippen LogP contribution in [0.5, 0.6) is 0 Å². The highest BCUT2D eigenvalue weighted by Crippen LogP contribution is 2.28. The van der Waals surface area contributed by atoms with Crippen LogP contribution in [0.3, 0.4) is 0 Å². The van der Waals surface area contributed by atoms with E-state index in [1.54, 1.807) is 6.07 Å². The van der Waals surface area contributed by atoms with Crippen LogP contribution >= 0.6 is 0 Å². The molecule has 0 radical (unpaired) electrons. The van der Waals surface area contributed by atoms with Gasteiger partial charge in [-0.1, -0.05) is 0 Å². The molecule has 2 rings (SSSR count). The first-order valence-corrected chi connectivity index (χ1v) is 6.94. The van der Waals surface area contributed by atoms with E-state index in [1.165, 1.54) is 12.1 Å². The third-order valence-corrected chi connectivity index (χ3v) is 3.97. The minimum Gasteiger partial charge on any atom is -0.382 e. The van der Waals surface area contributed by atoms with Crippen LogP contribution in [-0.4, -0.2) is 17.5 Å². The first-order chi connectivity index (χ1) is 9.63. The fourth-order valence-electron chi connectivity index (χ4n) is 2.74. The van der Waals surface area contributed by atoms with Gasteiger partial charge in [-0.2, -0.15) is 0 Å². The summed E-state index contributed by atoms with van der Waals surface area (Å²) in [5.74, 6) is 0.603. The van der Waals surface area contributed by atoms with Gasteiger partial charge in [-0.25, -0.2) is 4.39 Å². The molecule has 0 heterocycles. The molecule has 1 aliphatic carbocycles. The summed E-state index contributed by atoms with van der Waals surface area (Å²) < 4.78 is 12.9. The van der Waals surface area contributed by atoms with Crippen LogP contribution in [0.2, 0.25) is 0 Å². The molecule has 0 aromatic heterocycles. The topological polar surface area (TPSA) is 81.2 Å². The van der Waals surface area contributed by atoms with Crippen molar-refractivity contribution in [1.29, 1.82) is 0 Å². The van der Waals surface area contributed by atoms with Crippen molar-refractivity contribution in [2.75, 3.05) is 11.9 Å². The van der Waals surface area contributed by atoms with Gasteiger partial charge in [0.2, 0.25) is 0 Å². The van der Waals surface area contributed by atoms with E-state index in [2.05, 4.69) is 5.32 Å². The zero-order valence-electron chi connectivity index (χ0n) is 11.3. The largest absolute Gasteiger partial charge is 0.382 e. The lowest BCUT2D eigenvalue weighted by Gasteiger charge is -2.29. The van der Waals surface area contributed by atoms with Crippen molar-refractivity contribution in [3.63, 3.8) is 0 Å². The number of nitrogens with one attached hydrogen (secondary N) is 1. The number of nitro benzene ring substituents is 1. The maximum atomic E-state index is 12.9. The Labute approximate surface area is 117 Å². The molecular formula is C14H20FN3O2. The zero-order valence-corrected chi connectivity index (χ0v) is 11.3. The lowest BCUT2D eigenvalue weighted by atomic mass is 9.86. The summed E-state index contributed by atoms with van der Waals surface area (Å²) in [5.41, 5.74) is 6.37. The number of nitrogens with two attached hydrogens (primary N) is 1. The second-order valence-electron chi connectivity index (χ2n) is 5.33. The number of benzene rings is 1. The Morgan fingerprint density at radius 1 is 1.35 bits per heavy atom. The number of nitrogens with zero attached hydrogens (tertiary/aromatic N) is 1. The minimum absolute atomic E-state index is 0.121. The van der Waals surface area contributed by atoms with E-state index in [0.717, 1.165) is 37.9 Å². The standard InChI is InChI=1S/C14H20FN3O2/c15-8-11-7-13(5-6-14(11)18(19)20)17-12-3-1-10(9-16)2-4-12/h5-7,10,12,17H,1-4,8-9,16H2. The molecule has 5 nitrogen and oxygen atoms in total. The molecule has 1 aromatic carbocycles. The van der Waals surface area contributed by atoms with Gasteiger partial charge >= 0.3 is 0 Å². The number of nitro groups is 1. The van der Waals surface area contributed by atoms with Crippen molar-refractivity contribution in [3.8, 4) is 0 Å². The SMILES string of the molecule is NCC1CCC(Nc2ccc([N+](=O)[O-])c(CF)c2)CC1. The Morgan fingerprint density at radius 3 is 2.60 bits per heavy atom. The van der Waals surface area contributed by atoms with Crippen molar-refractivity contribution in [1.82, 2.24) is 0 Å². The third-order valence-electron chi connectivity index (χ3n) is 3.97. The third kappa shape index (κ3) is 3.45. The molecule has 0 spiro atoms. The lowest BCUT2D eigenvalue weighted by molar-refractivity contribution is -0.385. The molecule has 1 aromatic rings. The number of halogens is 1. The maximum Gasteiger partial charge on any atom is 0.275 e. The summed E-state index contributed by atoms with van der Waals surface area (Å²) in [4.78, 5) is 10.2. The number of alkyl halides is 1. The van der Waals surface area contributed by atoms with Crippen LogP contribution < -0.4 is 11.1 Å². The van der Waals surface area contributed by atoms with Gasteiger partial charge in [0.1, 0.15) is 6.67 Å². The van der Waals surface area contributed by atoms with Gasteiger partial charge in [-0.3, -0.25) is 10.1 Å². The van der Waals surface area contributed by atoms with Crippen LogP contribution in [0.25, 0.3) is 0 Å². The van der Waals surface area contributed by atoms with E-state index in [-0.39, 0.29) is 11.3 Å². The number of hydrogen-bond acceptors (Lipinski definition) is 4. The highest BCUT2D eigenvalue weighted by molar-refractivity contribution is 5.54. The van der Waals surface area contributed by atoms with Crippen LogP contribution in [0.4, 0.5) is 15.8 Å². The molecule has 0 bridgehead atoms. The summed E-state index contributed by atoms with van der Waals surface area (Å²) in [7, 11) is 0. The molecule has 0 atom stereocenters. The van der Waals surface area contributed by atoms with Gasteiger partial charge in [0.05, 0.1) is 10.5 Å². The summed E-state index contributed by atoms with van der Waals surface area (Å²) in [6.45, 7) is -0.0952. The Hall–Kier alpha value is -1.69. The van der Waals surface area contributed by atoms with Gasteiger partial charge in [0, 0.05) is 17.8 Å². The smallest absolute Gasteiger partial charge is 0.275 e. The Balaban J connectivity index is 2.01. The summed E-state index contributed by atoms with van der Waals surface area (Å²) in [6.07, 6.45) is 4.25. The maximum absolute atomic E-state index is 12.9. The van der Waals surface area contributed by atoms with Gasteiger partial charge < -0.3 is 11.1 Å². The first kappa shape index (κ1) is 14.7. The van der Waals surface area contributed by atoms with Crippen molar-refractivity contribution in [2.24, 2.45) is 11.7 Å². The molecule has 3 N–H and O–H groups in total. The Morgan fingerprint density at radius 2 is 2.05 bits per heavy atom. The second kappa shape index (κ2) is 6.65. The predicted molar refractivity (Wildman–Crippen MR) is 76.3 cm³/mol. The lowest BCUT2D eigenvalue weighted by Crippen LogP contribution is -2.29. The van der Waals surface area contributed by atoms with Gasteiger partial charge in [0.15, 0.2) is 0 Å². The number of rotatable bonds is 5. The minimum atomic E-state index is -0.828. The second-order valence-corrected chi connectivity index (χ2v) is 5.33. The van der Waals surface area contributed by atoms with Crippen LogP contribution in [0.1, 0.15) is 31.2 Å². The quantitative estimate of drug-likeness (QED) is 0.642. The number of anilines is 1. The summed E-state index contributed by atoms with van der Waals surface area (Å²) >= 11 is 0. The molecule has 0 amide bonds. The molecular weight excluding hydrogens is 261 g/mol. The summed E-state index contributed by atoms with van der Waals surface area (Å²) in [5, 5.41) is 14.1. The molecule has 1 fully saturated rings. The molecule has 6 heteroatoms. The van der Waals surface area contributed by atoms with E-state index >= 15 is 0 Å². The predicted octanol–water partition coefficient (Wildman–Crippen LogP) is 2.99. The van der Waals surface area contributed by atoms with E-state index < -0.39 is 11.6 Å². The van der Waals surface area contributed by atoms with Crippen molar-refractivity contribution >= 4 is 11.4 Å². The van der Waals surface area contributed by atoms with E-state index in [9.17, 15) is 14.5 Å². The molecule has 1 saturated carbocycles. The zero-order chi connectivity index (χ0) is 14.5. The number of hydrogen-bond donors (Lipinski definition) is 2. The van der Waals surface area contributed by atoms with Gasteiger partial charge in [0.25, 0.3) is 5.69 Å². The molecule has 20 heavy (non-hydrogen) atoms. The monoisotopic (exact) mass is 281 g/mol. The fourth-order valence-corrected chi connectivity index (χ4v) is 2.74. The average Bonchev–Trinajstić information content (AvgIpc) is 2.47. The molecule has 0 aliphatic heterocycles. The van der Waals surface area contributed by atoms with Crippen molar-refractivity contribution in [3.05, 3.63) is 33.9 Å². The van der Waals surface area contributed by atoms with Gasteiger partial charge in [-0.15, -0.1) is 0 Å². The van der Waals surface area contributed by atoms with Crippen LogP contribution in [0, 0.1) is 16.0 Å². The van der Waals surface area contributed by atoms with Crippen LogP contribution in [0.15, 0.2) is 18.2 Å². The highest BCUT2D eigenvalue weighted by atomic mass is 19.1. The Kier molecular flexibility index (Phi) is 4.89. The fraction of sp³-hybridized carbons (Fsp3) is 0.571. The van der Waals surface area contributed by atoms with Crippen molar-refractivity contribution < 1.29 is 9.31 Å². The molecule has 110 valence electrons. The average molecular weight is 281 g/mol. The highest BCUT2D eigenvalue weighted by Gasteiger charge is 2.21. The van der Waals surface area contributed by atoms with E-state index in [4.69, 9.17) is 5.73 Å². The van der Waals surface area contributed by atoms with Gasteiger partial charge in [-0.05, 0) is 50.3 Å².